The zero-order chi connectivity index (χ0) is 17.7. The van der Waals surface area contributed by atoms with Crippen molar-refractivity contribution in [3.63, 3.8) is 0 Å². The van der Waals surface area contributed by atoms with Gasteiger partial charge in [-0.15, -0.1) is 0 Å². The molecule has 0 aliphatic carbocycles. The Morgan fingerprint density at radius 3 is 2.42 bits per heavy atom. The highest BCUT2D eigenvalue weighted by Crippen LogP contribution is 2.29. The van der Waals surface area contributed by atoms with Crippen LogP contribution in [0.3, 0.4) is 0 Å². The largest absolute Gasteiger partial charge is 0.478 e. The lowest BCUT2D eigenvalue weighted by Gasteiger charge is -2.10. The molecule has 2 aromatic carbocycles. The average molecular weight is 337 g/mol. The molecule has 24 heavy (non-hydrogen) atoms. The van der Waals surface area contributed by atoms with Crippen molar-refractivity contribution in [2.75, 3.05) is 5.32 Å². The van der Waals surface area contributed by atoms with Gasteiger partial charge in [-0.1, -0.05) is 30.3 Å². The first kappa shape index (κ1) is 17.5. The number of nitrogens with one attached hydrogen (secondary N) is 1. The molecule has 1 amide bonds. The SMILES string of the molecule is O=C(CCc1cccc(C(F)(F)F)c1)Nc1ccccc1C(=O)O. The van der Waals surface area contributed by atoms with Gasteiger partial charge >= 0.3 is 12.1 Å². The number of aromatic carboxylic acids is 1. The molecule has 0 aliphatic rings. The van der Waals surface area contributed by atoms with E-state index in [9.17, 15) is 22.8 Å². The molecule has 4 nitrogen and oxygen atoms in total. The Kier molecular flexibility index (Phi) is 5.23. The number of para-hydroxylation sites is 1. The van der Waals surface area contributed by atoms with Crippen molar-refractivity contribution in [2.24, 2.45) is 0 Å². The number of carboxylic acid groups (broad SMARTS) is 1. The maximum atomic E-state index is 12.6. The second-order valence-electron chi connectivity index (χ2n) is 5.10. The standard InChI is InChI=1S/C17H14F3NO3/c18-17(19,20)12-5-3-4-11(10-12)8-9-15(22)21-14-7-2-1-6-13(14)16(23)24/h1-7,10H,8-9H2,(H,21,22)(H,23,24). The van der Waals surface area contributed by atoms with Crippen molar-refractivity contribution in [3.05, 3.63) is 65.2 Å². The Hall–Kier alpha value is -2.83. The Morgan fingerprint density at radius 1 is 1.04 bits per heavy atom. The van der Waals surface area contributed by atoms with Crippen LogP contribution in [0.1, 0.15) is 27.9 Å². The van der Waals surface area contributed by atoms with Crippen LogP contribution in [0, 0.1) is 0 Å². The number of amides is 1. The highest BCUT2D eigenvalue weighted by Gasteiger charge is 2.30. The minimum absolute atomic E-state index is 0.0510. The van der Waals surface area contributed by atoms with Crippen molar-refractivity contribution in [2.45, 2.75) is 19.0 Å². The second-order valence-corrected chi connectivity index (χ2v) is 5.10. The van der Waals surface area contributed by atoms with E-state index in [0.717, 1.165) is 12.1 Å². The van der Waals surface area contributed by atoms with Crippen molar-refractivity contribution in [1.29, 1.82) is 0 Å². The number of anilines is 1. The molecule has 126 valence electrons. The molecule has 0 radical (unpaired) electrons. The molecule has 0 unspecified atom stereocenters. The molecular formula is C17H14F3NO3. The van der Waals surface area contributed by atoms with Crippen molar-refractivity contribution >= 4 is 17.6 Å². The molecule has 0 spiro atoms. The predicted molar refractivity (Wildman–Crippen MR) is 81.8 cm³/mol. The summed E-state index contributed by atoms with van der Waals surface area (Å²) in [7, 11) is 0. The smallest absolute Gasteiger partial charge is 0.416 e. The third-order valence-electron chi connectivity index (χ3n) is 3.33. The van der Waals surface area contributed by atoms with E-state index in [2.05, 4.69) is 5.32 Å². The van der Waals surface area contributed by atoms with Gasteiger partial charge in [0.2, 0.25) is 5.91 Å². The molecule has 0 saturated carbocycles. The molecule has 0 aromatic heterocycles. The van der Waals surface area contributed by atoms with Crippen LogP contribution in [-0.2, 0) is 17.4 Å². The van der Waals surface area contributed by atoms with Crippen LogP contribution in [0.4, 0.5) is 18.9 Å². The lowest BCUT2D eigenvalue weighted by molar-refractivity contribution is -0.137. The fraction of sp³-hybridized carbons (Fsp3) is 0.176. The molecule has 0 bridgehead atoms. The van der Waals surface area contributed by atoms with Gasteiger partial charge < -0.3 is 10.4 Å². The zero-order valence-electron chi connectivity index (χ0n) is 12.4. The molecule has 0 fully saturated rings. The lowest BCUT2D eigenvalue weighted by Crippen LogP contribution is -2.15. The predicted octanol–water partition coefficient (Wildman–Crippen LogP) is 3.97. The van der Waals surface area contributed by atoms with Crippen LogP contribution in [0.15, 0.2) is 48.5 Å². The van der Waals surface area contributed by atoms with Gasteiger partial charge in [0.05, 0.1) is 16.8 Å². The van der Waals surface area contributed by atoms with Crippen molar-refractivity contribution in [1.82, 2.24) is 0 Å². The van der Waals surface area contributed by atoms with Gasteiger partial charge in [-0.3, -0.25) is 4.79 Å². The summed E-state index contributed by atoms with van der Waals surface area (Å²) >= 11 is 0. The third-order valence-corrected chi connectivity index (χ3v) is 3.33. The molecule has 2 N–H and O–H groups in total. The van der Waals surface area contributed by atoms with Gasteiger partial charge in [-0.25, -0.2) is 4.79 Å². The van der Waals surface area contributed by atoms with E-state index in [4.69, 9.17) is 5.11 Å². The van der Waals surface area contributed by atoms with Gasteiger partial charge in [0.1, 0.15) is 0 Å². The Labute approximate surface area is 135 Å². The number of hydrogen-bond donors (Lipinski definition) is 2. The number of carbonyl (C=O) groups is 2. The van der Waals surface area contributed by atoms with E-state index in [-0.39, 0.29) is 24.1 Å². The minimum atomic E-state index is -4.43. The zero-order valence-corrected chi connectivity index (χ0v) is 12.4. The molecule has 7 heteroatoms. The lowest BCUT2D eigenvalue weighted by atomic mass is 10.1. The Morgan fingerprint density at radius 2 is 1.75 bits per heavy atom. The van der Waals surface area contributed by atoms with Crippen LogP contribution < -0.4 is 5.32 Å². The van der Waals surface area contributed by atoms with Gasteiger partial charge in [0.15, 0.2) is 0 Å². The van der Waals surface area contributed by atoms with E-state index >= 15 is 0 Å². The number of rotatable bonds is 5. The van der Waals surface area contributed by atoms with Gasteiger partial charge in [0, 0.05) is 6.42 Å². The Balaban J connectivity index is 2.01. The molecule has 2 aromatic rings. The fourth-order valence-corrected chi connectivity index (χ4v) is 2.15. The first-order valence-electron chi connectivity index (χ1n) is 7.05. The van der Waals surface area contributed by atoms with Crippen molar-refractivity contribution in [3.8, 4) is 0 Å². The minimum Gasteiger partial charge on any atom is -0.478 e. The number of carboxylic acids is 1. The van der Waals surface area contributed by atoms with Crippen LogP contribution in [0.2, 0.25) is 0 Å². The number of halogens is 3. The number of alkyl halides is 3. The first-order chi connectivity index (χ1) is 11.3. The summed E-state index contributed by atoms with van der Waals surface area (Å²) in [4.78, 5) is 23.0. The number of carbonyl (C=O) groups excluding carboxylic acids is 1. The summed E-state index contributed by atoms with van der Waals surface area (Å²) in [6.07, 6.45) is -4.38. The van der Waals surface area contributed by atoms with E-state index in [0.29, 0.717) is 5.56 Å². The van der Waals surface area contributed by atoms with E-state index < -0.39 is 23.6 Å². The van der Waals surface area contributed by atoms with Crippen molar-refractivity contribution < 1.29 is 27.9 Å². The van der Waals surface area contributed by atoms with E-state index in [1.165, 1.54) is 30.3 Å². The van der Waals surface area contributed by atoms with Gasteiger partial charge in [-0.05, 0) is 30.2 Å². The average Bonchev–Trinajstić information content (AvgIpc) is 2.53. The van der Waals surface area contributed by atoms with Crippen LogP contribution >= 0.6 is 0 Å². The highest BCUT2D eigenvalue weighted by atomic mass is 19.4. The topological polar surface area (TPSA) is 66.4 Å². The van der Waals surface area contributed by atoms with Crippen LogP contribution in [0.5, 0.6) is 0 Å². The summed E-state index contributed by atoms with van der Waals surface area (Å²) in [5.41, 5.74) is -0.285. The number of hydrogen-bond acceptors (Lipinski definition) is 2. The maximum absolute atomic E-state index is 12.6. The van der Waals surface area contributed by atoms with Crippen LogP contribution in [0.25, 0.3) is 0 Å². The van der Waals surface area contributed by atoms with Gasteiger partial charge in [-0.2, -0.15) is 13.2 Å². The molecule has 0 heterocycles. The maximum Gasteiger partial charge on any atom is 0.416 e. The fourth-order valence-electron chi connectivity index (χ4n) is 2.15. The summed E-state index contributed by atoms with van der Waals surface area (Å²) in [6.45, 7) is 0. The molecule has 0 saturated heterocycles. The monoisotopic (exact) mass is 337 g/mol. The molecule has 2 rings (SSSR count). The first-order valence-corrected chi connectivity index (χ1v) is 7.05. The summed E-state index contributed by atoms with van der Waals surface area (Å²) in [6, 6.07) is 10.7. The molecule has 0 aliphatic heterocycles. The summed E-state index contributed by atoms with van der Waals surface area (Å²) in [5, 5.41) is 11.5. The molecular weight excluding hydrogens is 323 g/mol. The molecule has 0 atom stereocenters. The second kappa shape index (κ2) is 7.16. The number of benzene rings is 2. The van der Waals surface area contributed by atoms with Gasteiger partial charge in [0.25, 0.3) is 0 Å². The summed E-state index contributed by atoms with van der Waals surface area (Å²) in [5.74, 6) is -1.65. The van der Waals surface area contributed by atoms with E-state index in [1.807, 2.05) is 0 Å². The van der Waals surface area contributed by atoms with Crippen LogP contribution in [-0.4, -0.2) is 17.0 Å². The highest BCUT2D eigenvalue weighted by molar-refractivity contribution is 6.00. The normalized spacial score (nSPS) is 11.1. The Bertz CT molecular complexity index is 757. The quantitative estimate of drug-likeness (QED) is 0.867. The van der Waals surface area contributed by atoms with E-state index in [1.54, 1.807) is 6.07 Å². The summed E-state index contributed by atoms with van der Waals surface area (Å²) < 4.78 is 37.9. The third kappa shape index (κ3) is 4.58. The number of aryl methyl sites for hydroxylation is 1.